The summed E-state index contributed by atoms with van der Waals surface area (Å²) in [5, 5.41) is 9.76. The van der Waals surface area contributed by atoms with Gasteiger partial charge in [-0.1, -0.05) is 36.4 Å². The number of likely N-dealkylation sites (tertiary alicyclic amines) is 1. The van der Waals surface area contributed by atoms with Crippen LogP contribution in [0.3, 0.4) is 0 Å². The molecule has 38 heavy (non-hydrogen) atoms. The first-order valence-electron chi connectivity index (χ1n) is 12.6. The van der Waals surface area contributed by atoms with Gasteiger partial charge in [0.2, 0.25) is 23.8 Å². The quantitative estimate of drug-likeness (QED) is 0.281. The van der Waals surface area contributed by atoms with Crippen molar-refractivity contribution < 1.29 is 14.3 Å². The summed E-state index contributed by atoms with van der Waals surface area (Å²) in [5.74, 6) is 1.14. The maximum Gasteiger partial charge on any atom is 0.343 e. The minimum Gasteiger partial charge on any atom is -0.497 e. The third-order valence-corrected chi connectivity index (χ3v) is 6.35. The summed E-state index contributed by atoms with van der Waals surface area (Å²) in [6.07, 6.45) is 2.56. The van der Waals surface area contributed by atoms with E-state index in [4.69, 9.17) is 4.74 Å². The van der Waals surface area contributed by atoms with Gasteiger partial charge in [0.05, 0.1) is 7.11 Å². The first kappa shape index (κ1) is 25.2. The van der Waals surface area contributed by atoms with Gasteiger partial charge in [-0.2, -0.15) is 15.0 Å². The third-order valence-electron chi connectivity index (χ3n) is 6.35. The van der Waals surface area contributed by atoms with E-state index in [9.17, 15) is 9.59 Å². The van der Waals surface area contributed by atoms with Crippen molar-refractivity contribution >= 4 is 29.8 Å². The van der Waals surface area contributed by atoms with Crippen LogP contribution in [0.15, 0.2) is 48.5 Å². The van der Waals surface area contributed by atoms with E-state index < -0.39 is 11.9 Å². The normalized spacial score (nSPS) is 15.4. The minimum absolute atomic E-state index is 0.130. The molecule has 0 saturated carbocycles. The number of nitrogens with one attached hydrogen (secondary N) is 4. The van der Waals surface area contributed by atoms with Crippen molar-refractivity contribution in [3.8, 4) is 5.75 Å². The van der Waals surface area contributed by atoms with Crippen LogP contribution in [-0.2, 0) is 24.4 Å². The van der Waals surface area contributed by atoms with Gasteiger partial charge in [0.15, 0.2) is 0 Å². The molecule has 3 aromatic rings. The van der Waals surface area contributed by atoms with Crippen molar-refractivity contribution in [2.45, 2.75) is 32.5 Å². The Morgan fingerprint density at radius 2 is 1.37 bits per heavy atom. The fraction of sp³-hybridized carbons (Fsp3) is 0.346. The maximum absolute atomic E-state index is 12.0. The predicted molar refractivity (Wildman–Crippen MR) is 142 cm³/mol. The monoisotopic (exact) mass is 517 g/mol. The number of benzene rings is 2. The number of nitrogens with zero attached hydrogens (tertiary/aromatic N) is 5. The number of urea groups is 1. The van der Waals surface area contributed by atoms with Gasteiger partial charge in [0.25, 0.3) is 0 Å². The Hall–Kier alpha value is -4.45. The molecular formula is C26H31N9O3. The molecule has 12 nitrogen and oxygen atoms in total. The number of hydrazine groups is 1. The fourth-order valence-electron chi connectivity index (χ4n) is 4.30. The van der Waals surface area contributed by atoms with Crippen molar-refractivity contribution in [1.29, 1.82) is 0 Å². The Morgan fingerprint density at radius 3 is 1.92 bits per heavy atom. The highest BCUT2D eigenvalue weighted by molar-refractivity contribution is 6.02. The lowest BCUT2D eigenvalue weighted by atomic mass is 10.1. The van der Waals surface area contributed by atoms with Crippen LogP contribution in [0.25, 0.3) is 0 Å². The molecule has 0 atom stereocenters. The van der Waals surface area contributed by atoms with Crippen molar-refractivity contribution in [2.75, 3.05) is 42.8 Å². The molecule has 3 heterocycles. The van der Waals surface area contributed by atoms with Gasteiger partial charge in [-0.05, 0) is 54.8 Å². The van der Waals surface area contributed by atoms with Crippen LogP contribution in [0.4, 0.5) is 22.6 Å². The van der Waals surface area contributed by atoms with E-state index in [1.807, 2.05) is 24.3 Å². The molecule has 2 aromatic carbocycles. The molecule has 0 spiro atoms. The molecule has 0 unspecified atom stereocenters. The minimum atomic E-state index is -0.563. The van der Waals surface area contributed by atoms with Crippen molar-refractivity contribution in [2.24, 2.45) is 0 Å². The standard InChI is InChI=1S/C26H31N9O3/c1-38-21-10-8-19(9-11-21)15-28-24-30-23(31-25(32-24)33-35-17-22(36)29-26(35)37)27-14-18-4-6-20(7-5-18)16-34-12-2-3-13-34/h4-11H,2-3,12-17H2,1H3,(H,29,36,37)(H3,27,28,30,31,32,33). The number of rotatable bonds is 11. The Bertz CT molecular complexity index is 1260. The van der Waals surface area contributed by atoms with E-state index in [1.54, 1.807) is 7.11 Å². The van der Waals surface area contributed by atoms with Crippen LogP contribution < -0.4 is 26.1 Å². The second-order valence-corrected chi connectivity index (χ2v) is 9.21. The van der Waals surface area contributed by atoms with Crippen LogP contribution in [-0.4, -0.2) is 63.5 Å². The van der Waals surface area contributed by atoms with Crippen LogP contribution in [0.2, 0.25) is 0 Å². The SMILES string of the molecule is COc1ccc(CNc2nc(NCc3ccc(CN4CCCC4)cc3)nc(NN3CC(=O)NC3=O)n2)cc1. The largest absolute Gasteiger partial charge is 0.497 e. The Labute approximate surface area is 220 Å². The van der Waals surface area contributed by atoms with Gasteiger partial charge in [-0.25, -0.2) is 9.80 Å². The fourth-order valence-corrected chi connectivity index (χ4v) is 4.30. The number of carbonyl (C=O) groups excluding carboxylic acids is 2. The molecule has 12 heteroatoms. The molecule has 0 radical (unpaired) electrons. The average Bonchev–Trinajstić information content (AvgIpc) is 3.55. The Balaban J connectivity index is 1.26. The van der Waals surface area contributed by atoms with E-state index in [1.165, 1.54) is 31.5 Å². The molecule has 4 N–H and O–H groups in total. The molecule has 2 aliphatic heterocycles. The van der Waals surface area contributed by atoms with Gasteiger partial charge in [0, 0.05) is 19.6 Å². The first-order chi connectivity index (χ1) is 18.5. The van der Waals surface area contributed by atoms with Gasteiger partial charge in [0.1, 0.15) is 12.3 Å². The lowest BCUT2D eigenvalue weighted by Crippen LogP contribution is -2.34. The summed E-state index contributed by atoms with van der Waals surface area (Å²) in [5.41, 5.74) is 6.18. The van der Waals surface area contributed by atoms with Crippen LogP contribution in [0.5, 0.6) is 5.75 Å². The summed E-state index contributed by atoms with van der Waals surface area (Å²) >= 11 is 0. The highest BCUT2D eigenvalue weighted by atomic mass is 16.5. The maximum atomic E-state index is 12.0. The number of aromatic nitrogens is 3. The molecule has 1 aromatic heterocycles. The molecule has 0 aliphatic carbocycles. The van der Waals surface area contributed by atoms with E-state index in [0.29, 0.717) is 25.0 Å². The Morgan fingerprint density at radius 1 is 0.816 bits per heavy atom. The second-order valence-electron chi connectivity index (χ2n) is 9.21. The van der Waals surface area contributed by atoms with E-state index >= 15 is 0 Å². The second kappa shape index (κ2) is 11.7. The molecular weight excluding hydrogens is 486 g/mol. The number of imide groups is 1. The summed E-state index contributed by atoms with van der Waals surface area (Å²) in [4.78, 5) is 39.3. The predicted octanol–water partition coefficient (Wildman–Crippen LogP) is 2.58. The van der Waals surface area contributed by atoms with Gasteiger partial charge in [-0.15, -0.1) is 0 Å². The number of hydrogen-bond acceptors (Lipinski definition) is 10. The van der Waals surface area contributed by atoms with Gasteiger partial charge >= 0.3 is 6.03 Å². The lowest BCUT2D eigenvalue weighted by molar-refractivity contribution is -0.118. The highest BCUT2D eigenvalue weighted by Gasteiger charge is 2.27. The summed E-state index contributed by atoms with van der Waals surface area (Å²) < 4.78 is 5.21. The summed E-state index contributed by atoms with van der Waals surface area (Å²) in [6, 6.07) is 15.6. The number of ether oxygens (including phenoxy) is 1. The summed E-state index contributed by atoms with van der Waals surface area (Å²) in [7, 11) is 1.62. The molecule has 2 saturated heterocycles. The molecule has 2 fully saturated rings. The zero-order valence-electron chi connectivity index (χ0n) is 21.2. The van der Waals surface area contributed by atoms with Gasteiger partial charge < -0.3 is 15.4 Å². The van der Waals surface area contributed by atoms with Crippen molar-refractivity contribution in [1.82, 2.24) is 30.2 Å². The highest BCUT2D eigenvalue weighted by Crippen LogP contribution is 2.17. The number of hydrogen-bond donors (Lipinski definition) is 4. The lowest BCUT2D eigenvalue weighted by Gasteiger charge is -2.16. The van der Waals surface area contributed by atoms with E-state index in [0.717, 1.165) is 28.4 Å². The molecule has 5 rings (SSSR count). The molecule has 0 bridgehead atoms. The average molecular weight is 518 g/mol. The molecule has 3 amide bonds. The zero-order valence-corrected chi connectivity index (χ0v) is 21.2. The van der Waals surface area contributed by atoms with Crippen molar-refractivity contribution in [3.63, 3.8) is 0 Å². The number of anilines is 3. The molecule has 2 aliphatic rings. The number of methoxy groups -OCH3 is 1. The number of carbonyl (C=O) groups is 2. The zero-order chi connectivity index (χ0) is 26.3. The van der Waals surface area contributed by atoms with Crippen LogP contribution in [0, 0.1) is 0 Å². The first-order valence-corrected chi connectivity index (χ1v) is 12.6. The topological polar surface area (TPSA) is 137 Å². The van der Waals surface area contributed by atoms with Crippen molar-refractivity contribution in [3.05, 3.63) is 65.2 Å². The van der Waals surface area contributed by atoms with Crippen LogP contribution in [0.1, 0.15) is 29.5 Å². The smallest absolute Gasteiger partial charge is 0.343 e. The molecule has 198 valence electrons. The van der Waals surface area contributed by atoms with E-state index in [2.05, 4.69) is 65.5 Å². The summed E-state index contributed by atoms with van der Waals surface area (Å²) in [6.45, 7) is 4.15. The number of amides is 3. The van der Waals surface area contributed by atoms with Gasteiger partial charge in [-0.3, -0.25) is 20.4 Å². The van der Waals surface area contributed by atoms with Crippen LogP contribution >= 0.6 is 0 Å². The Kier molecular flexibility index (Phi) is 7.78. The third kappa shape index (κ3) is 6.65. The van der Waals surface area contributed by atoms with E-state index in [-0.39, 0.29) is 12.5 Å².